The van der Waals surface area contributed by atoms with Crippen molar-refractivity contribution in [1.82, 2.24) is 10.2 Å². The molecule has 0 bridgehead atoms. The quantitative estimate of drug-likeness (QED) is 0.814. The van der Waals surface area contributed by atoms with Gasteiger partial charge in [-0.1, -0.05) is 17.7 Å². The van der Waals surface area contributed by atoms with E-state index in [2.05, 4.69) is 42.3 Å². The van der Waals surface area contributed by atoms with Gasteiger partial charge in [0.1, 0.15) is 0 Å². The van der Waals surface area contributed by atoms with Crippen LogP contribution in [-0.4, -0.2) is 56.0 Å². The third kappa shape index (κ3) is 5.69. The molecule has 1 aromatic rings. The van der Waals surface area contributed by atoms with Gasteiger partial charge in [0.05, 0.1) is 19.0 Å². The number of benzene rings is 1. The first-order valence-electron chi connectivity index (χ1n) is 7.42. The molecule has 1 aliphatic rings. The van der Waals surface area contributed by atoms with Gasteiger partial charge in [-0.2, -0.15) is 0 Å². The van der Waals surface area contributed by atoms with E-state index in [0.29, 0.717) is 12.3 Å². The lowest BCUT2D eigenvalue weighted by Crippen LogP contribution is -2.41. The summed E-state index contributed by atoms with van der Waals surface area (Å²) in [4.78, 5) is 15.4. The van der Waals surface area contributed by atoms with Crippen LogP contribution in [0.1, 0.15) is 11.1 Å². The summed E-state index contributed by atoms with van der Waals surface area (Å²) in [6, 6.07) is 6.34. The highest BCUT2D eigenvalue weighted by atomic mass is 32.2. The van der Waals surface area contributed by atoms with Crippen LogP contribution in [0.2, 0.25) is 0 Å². The monoisotopic (exact) mass is 308 g/mol. The predicted molar refractivity (Wildman–Crippen MR) is 86.9 cm³/mol. The fourth-order valence-electron chi connectivity index (χ4n) is 2.24. The number of rotatable bonds is 6. The van der Waals surface area contributed by atoms with Crippen molar-refractivity contribution in [3.05, 3.63) is 29.3 Å². The Labute approximate surface area is 131 Å². The van der Waals surface area contributed by atoms with Crippen LogP contribution in [-0.2, 0) is 9.53 Å². The minimum absolute atomic E-state index is 0.106. The second-order valence-electron chi connectivity index (χ2n) is 5.36. The van der Waals surface area contributed by atoms with Crippen LogP contribution in [0, 0.1) is 13.8 Å². The van der Waals surface area contributed by atoms with Crippen molar-refractivity contribution in [2.75, 3.05) is 45.1 Å². The number of thioether (sulfide) groups is 1. The summed E-state index contributed by atoms with van der Waals surface area (Å²) in [5.41, 5.74) is 2.46. The maximum absolute atomic E-state index is 11.9. The van der Waals surface area contributed by atoms with E-state index in [9.17, 15) is 4.79 Å². The SMILES string of the molecule is Cc1ccc(C)c(SCC(=O)NCCN2CCOCC2)c1. The molecule has 0 unspecified atom stereocenters. The van der Waals surface area contributed by atoms with Gasteiger partial charge in [-0.15, -0.1) is 11.8 Å². The molecule has 1 aliphatic heterocycles. The summed E-state index contributed by atoms with van der Waals surface area (Å²) in [5.74, 6) is 0.585. The predicted octanol–water partition coefficient (Wildman–Crippen LogP) is 1.84. The Morgan fingerprint density at radius 3 is 2.86 bits per heavy atom. The van der Waals surface area contributed by atoms with Crippen LogP contribution in [0.4, 0.5) is 0 Å². The number of hydrogen-bond donors (Lipinski definition) is 1. The molecule has 1 fully saturated rings. The van der Waals surface area contributed by atoms with E-state index in [0.717, 1.165) is 32.8 Å². The third-order valence-electron chi connectivity index (χ3n) is 3.56. The molecule has 21 heavy (non-hydrogen) atoms. The van der Waals surface area contributed by atoms with Crippen molar-refractivity contribution >= 4 is 17.7 Å². The fourth-order valence-corrected chi connectivity index (χ4v) is 3.19. The first-order chi connectivity index (χ1) is 10.1. The van der Waals surface area contributed by atoms with Crippen LogP contribution in [0.25, 0.3) is 0 Å². The molecule has 0 aromatic heterocycles. The number of morpholine rings is 1. The molecule has 0 atom stereocenters. The molecule has 0 saturated carbocycles. The largest absolute Gasteiger partial charge is 0.379 e. The summed E-state index contributed by atoms with van der Waals surface area (Å²) in [7, 11) is 0. The molecule has 1 N–H and O–H groups in total. The average Bonchev–Trinajstić information content (AvgIpc) is 2.49. The van der Waals surface area contributed by atoms with E-state index in [-0.39, 0.29) is 5.91 Å². The third-order valence-corrected chi connectivity index (χ3v) is 4.71. The van der Waals surface area contributed by atoms with Gasteiger partial charge in [-0.05, 0) is 25.5 Å². The summed E-state index contributed by atoms with van der Waals surface area (Å²) >= 11 is 1.61. The molecule has 0 radical (unpaired) electrons. The zero-order chi connectivity index (χ0) is 15.1. The van der Waals surface area contributed by atoms with Crippen LogP contribution >= 0.6 is 11.8 Å². The maximum Gasteiger partial charge on any atom is 0.230 e. The molecule has 2 rings (SSSR count). The molecule has 1 aromatic carbocycles. The summed E-state index contributed by atoms with van der Waals surface area (Å²) in [5, 5.41) is 2.99. The van der Waals surface area contributed by atoms with Crippen LogP contribution in [0.3, 0.4) is 0 Å². The van der Waals surface area contributed by atoms with E-state index in [1.165, 1.54) is 16.0 Å². The lowest BCUT2D eigenvalue weighted by atomic mass is 10.2. The summed E-state index contributed by atoms with van der Waals surface area (Å²) < 4.78 is 5.30. The van der Waals surface area contributed by atoms with Gasteiger partial charge >= 0.3 is 0 Å². The second-order valence-corrected chi connectivity index (χ2v) is 6.38. The van der Waals surface area contributed by atoms with Crippen molar-refractivity contribution in [2.24, 2.45) is 0 Å². The van der Waals surface area contributed by atoms with Crippen molar-refractivity contribution in [3.63, 3.8) is 0 Å². The first kappa shape index (κ1) is 16.3. The Kier molecular flexibility index (Phi) is 6.54. The molecular weight excluding hydrogens is 284 g/mol. The molecule has 1 amide bonds. The van der Waals surface area contributed by atoms with Gasteiger partial charge in [0.2, 0.25) is 5.91 Å². The topological polar surface area (TPSA) is 41.6 Å². The average molecular weight is 308 g/mol. The molecule has 0 spiro atoms. The molecule has 1 saturated heterocycles. The van der Waals surface area contributed by atoms with Crippen molar-refractivity contribution in [2.45, 2.75) is 18.7 Å². The van der Waals surface area contributed by atoms with Crippen LogP contribution in [0.15, 0.2) is 23.1 Å². The number of amides is 1. The van der Waals surface area contributed by atoms with Gasteiger partial charge < -0.3 is 10.1 Å². The lowest BCUT2D eigenvalue weighted by Gasteiger charge is -2.26. The Balaban J connectivity index is 1.66. The van der Waals surface area contributed by atoms with Gasteiger partial charge in [-0.25, -0.2) is 0 Å². The minimum Gasteiger partial charge on any atom is -0.379 e. The summed E-state index contributed by atoms with van der Waals surface area (Å²) in [6.45, 7) is 9.31. The van der Waals surface area contributed by atoms with E-state index in [1.54, 1.807) is 11.8 Å². The molecule has 0 aliphatic carbocycles. The Morgan fingerprint density at radius 2 is 2.10 bits per heavy atom. The second kappa shape index (κ2) is 8.41. The van der Waals surface area contributed by atoms with Crippen molar-refractivity contribution < 1.29 is 9.53 Å². The number of carbonyl (C=O) groups excluding carboxylic acids is 1. The van der Waals surface area contributed by atoms with Gasteiger partial charge in [0.15, 0.2) is 0 Å². The number of nitrogens with zero attached hydrogens (tertiary/aromatic N) is 1. The molecule has 5 heteroatoms. The van der Waals surface area contributed by atoms with Crippen molar-refractivity contribution in [3.8, 4) is 0 Å². The van der Waals surface area contributed by atoms with E-state index in [1.807, 2.05) is 0 Å². The van der Waals surface area contributed by atoms with Crippen LogP contribution < -0.4 is 5.32 Å². The van der Waals surface area contributed by atoms with Gasteiger partial charge in [0, 0.05) is 31.1 Å². The number of hydrogen-bond acceptors (Lipinski definition) is 4. The standard InChI is InChI=1S/C16H24N2O2S/c1-13-3-4-14(2)15(11-13)21-12-16(19)17-5-6-18-7-9-20-10-8-18/h3-4,11H,5-10,12H2,1-2H3,(H,17,19). The molecule has 1 heterocycles. The van der Waals surface area contributed by atoms with Gasteiger partial charge in [0.25, 0.3) is 0 Å². The summed E-state index contributed by atoms with van der Waals surface area (Å²) in [6.07, 6.45) is 0. The Hall–Kier alpha value is -1.04. The highest BCUT2D eigenvalue weighted by molar-refractivity contribution is 8.00. The highest BCUT2D eigenvalue weighted by Gasteiger charge is 2.10. The fraction of sp³-hybridized carbons (Fsp3) is 0.562. The van der Waals surface area contributed by atoms with Crippen molar-refractivity contribution in [1.29, 1.82) is 0 Å². The number of carbonyl (C=O) groups is 1. The van der Waals surface area contributed by atoms with E-state index >= 15 is 0 Å². The minimum atomic E-state index is 0.106. The normalized spacial score (nSPS) is 15.9. The molecule has 116 valence electrons. The zero-order valence-electron chi connectivity index (χ0n) is 12.9. The maximum atomic E-state index is 11.9. The van der Waals surface area contributed by atoms with E-state index in [4.69, 9.17) is 4.74 Å². The first-order valence-corrected chi connectivity index (χ1v) is 8.40. The lowest BCUT2D eigenvalue weighted by molar-refractivity contribution is -0.118. The van der Waals surface area contributed by atoms with Crippen LogP contribution in [0.5, 0.6) is 0 Å². The zero-order valence-corrected chi connectivity index (χ0v) is 13.7. The highest BCUT2D eigenvalue weighted by Crippen LogP contribution is 2.23. The number of aryl methyl sites for hydroxylation is 2. The molecular formula is C16H24N2O2S. The Morgan fingerprint density at radius 1 is 1.33 bits per heavy atom. The smallest absolute Gasteiger partial charge is 0.230 e. The molecule has 4 nitrogen and oxygen atoms in total. The number of nitrogens with one attached hydrogen (secondary N) is 1. The number of ether oxygens (including phenoxy) is 1. The van der Waals surface area contributed by atoms with Gasteiger partial charge in [-0.3, -0.25) is 9.69 Å². The Bertz CT molecular complexity index is 473. The van der Waals surface area contributed by atoms with E-state index < -0.39 is 0 Å².